The molecule has 0 aliphatic heterocycles. The molecule has 1 amide bonds. The summed E-state index contributed by atoms with van der Waals surface area (Å²) in [4.78, 5) is 15.3. The van der Waals surface area contributed by atoms with Crippen molar-refractivity contribution in [1.29, 1.82) is 0 Å². The fraction of sp³-hybridized carbons (Fsp3) is 0.308. The summed E-state index contributed by atoms with van der Waals surface area (Å²) in [5.41, 5.74) is 0. The van der Waals surface area contributed by atoms with Gasteiger partial charge in [0.15, 0.2) is 15.7 Å². The topological polar surface area (TPSA) is 102 Å². The summed E-state index contributed by atoms with van der Waals surface area (Å²) in [7, 11) is -3.59. The zero-order valence-electron chi connectivity index (χ0n) is 11.7. The third kappa shape index (κ3) is 3.88. The summed E-state index contributed by atoms with van der Waals surface area (Å²) in [6.45, 7) is 2.15. The molecule has 0 aliphatic carbocycles. The minimum absolute atomic E-state index is 0.0113. The fourth-order valence-corrected chi connectivity index (χ4v) is 2.91. The molecular weight excluding hydrogens is 313 g/mol. The lowest BCUT2D eigenvalue weighted by atomic mass is 10.4. The molecule has 1 heterocycles. The molecule has 2 rings (SSSR count). The molecule has 118 valence electrons. The lowest BCUT2D eigenvalue weighted by Crippen LogP contribution is -2.23. The van der Waals surface area contributed by atoms with Gasteiger partial charge in [0.25, 0.3) is 0 Å². The Kier molecular flexibility index (Phi) is 4.86. The lowest BCUT2D eigenvalue weighted by molar-refractivity contribution is 0.0912. The second-order valence-corrected chi connectivity index (χ2v) is 6.51. The SMILES string of the molecule is CCNC(=O)c1nc(CCS(=O)(=O)c2ccc(F)cc2)no1. The summed E-state index contributed by atoms with van der Waals surface area (Å²) in [6.07, 6.45) is -0.0113. The third-order valence-electron chi connectivity index (χ3n) is 2.77. The normalized spacial score (nSPS) is 11.4. The van der Waals surface area contributed by atoms with Gasteiger partial charge in [0.2, 0.25) is 0 Å². The molecule has 22 heavy (non-hydrogen) atoms. The number of rotatable bonds is 6. The van der Waals surface area contributed by atoms with Crippen LogP contribution in [0.4, 0.5) is 4.39 Å². The fourth-order valence-electron chi connectivity index (χ4n) is 1.67. The monoisotopic (exact) mass is 327 g/mol. The van der Waals surface area contributed by atoms with Gasteiger partial charge < -0.3 is 9.84 Å². The van der Waals surface area contributed by atoms with Crippen LogP contribution in [0.3, 0.4) is 0 Å². The van der Waals surface area contributed by atoms with Crippen LogP contribution in [0.25, 0.3) is 0 Å². The van der Waals surface area contributed by atoms with Crippen LogP contribution in [0.5, 0.6) is 0 Å². The van der Waals surface area contributed by atoms with Crippen molar-refractivity contribution in [3.8, 4) is 0 Å². The smallest absolute Gasteiger partial charge is 0.315 e. The van der Waals surface area contributed by atoms with Gasteiger partial charge >= 0.3 is 11.8 Å². The lowest BCUT2D eigenvalue weighted by Gasteiger charge is -2.02. The molecule has 0 fully saturated rings. The Morgan fingerprint density at radius 2 is 2.00 bits per heavy atom. The quantitative estimate of drug-likeness (QED) is 0.793. The zero-order valence-corrected chi connectivity index (χ0v) is 12.6. The van der Waals surface area contributed by atoms with Crippen LogP contribution in [-0.4, -0.2) is 36.8 Å². The van der Waals surface area contributed by atoms with Crippen LogP contribution in [-0.2, 0) is 16.3 Å². The number of sulfone groups is 1. The van der Waals surface area contributed by atoms with Crippen molar-refractivity contribution in [1.82, 2.24) is 15.5 Å². The van der Waals surface area contributed by atoms with Gasteiger partial charge in [-0.2, -0.15) is 4.98 Å². The van der Waals surface area contributed by atoms with Crippen molar-refractivity contribution in [3.63, 3.8) is 0 Å². The number of hydrogen-bond donors (Lipinski definition) is 1. The number of nitrogens with one attached hydrogen (secondary N) is 1. The molecule has 9 heteroatoms. The van der Waals surface area contributed by atoms with Gasteiger partial charge in [0.1, 0.15) is 5.82 Å². The highest BCUT2D eigenvalue weighted by Crippen LogP contribution is 2.13. The number of hydrogen-bond acceptors (Lipinski definition) is 6. The van der Waals surface area contributed by atoms with E-state index in [1.807, 2.05) is 0 Å². The van der Waals surface area contributed by atoms with E-state index in [4.69, 9.17) is 4.52 Å². The van der Waals surface area contributed by atoms with Crippen molar-refractivity contribution in [2.75, 3.05) is 12.3 Å². The van der Waals surface area contributed by atoms with E-state index in [1.54, 1.807) is 6.92 Å². The molecule has 1 aromatic carbocycles. The Morgan fingerprint density at radius 3 is 2.64 bits per heavy atom. The Morgan fingerprint density at radius 1 is 1.32 bits per heavy atom. The van der Waals surface area contributed by atoms with E-state index in [0.717, 1.165) is 12.1 Å². The number of carbonyl (C=O) groups excluding carboxylic acids is 1. The molecule has 0 saturated heterocycles. The highest BCUT2D eigenvalue weighted by Gasteiger charge is 2.18. The largest absolute Gasteiger partial charge is 0.348 e. The number of benzene rings is 1. The van der Waals surface area contributed by atoms with E-state index in [0.29, 0.717) is 6.54 Å². The van der Waals surface area contributed by atoms with Gasteiger partial charge in [0, 0.05) is 13.0 Å². The molecule has 1 N–H and O–H groups in total. The molecular formula is C13H14FN3O4S. The highest BCUT2D eigenvalue weighted by atomic mass is 32.2. The summed E-state index contributed by atoms with van der Waals surface area (Å²) in [5.74, 6) is -1.39. The Balaban J connectivity index is 2.03. The zero-order chi connectivity index (χ0) is 16.2. The van der Waals surface area contributed by atoms with E-state index in [2.05, 4.69) is 15.5 Å². The number of halogens is 1. The average molecular weight is 327 g/mol. The van der Waals surface area contributed by atoms with Crippen molar-refractivity contribution >= 4 is 15.7 Å². The van der Waals surface area contributed by atoms with Crippen molar-refractivity contribution < 1.29 is 22.1 Å². The molecule has 0 radical (unpaired) electrons. The highest BCUT2D eigenvalue weighted by molar-refractivity contribution is 7.91. The first-order valence-electron chi connectivity index (χ1n) is 6.51. The average Bonchev–Trinajstić information content (AvgIpc) is 2.95. The summed E-state index contributed by atoms with van der Waals surface area (Å²) in [6, 6.07) is 4.55. The number of nitrogens with zero attached hydrogens (tertiary/aromatic N) is 2. The molecule has 0 unspecified atom stereocenters. The second kappa shape index (κ2) is 6.65. The van der Waals surface area contributed by atoms with Gasteiger partial charge in [-0.25, -0.2) is 12.8 Å². The molecule has 1 aromatic heterocycles. The van der Waals surface area contributed by atoms with Crippen LogP contribution < -0.4 is 5.32 Å². The number of carbonyl (C=O) groups is 1. The van der Waals surface area contributed by atoms with Crippen LogP contribution in [0, 0.1) is 5.82 Å². The van der Waals surface area contributed by atoms with Crippen molar-refractivity contribution in [2.45, 2.75) is 18.2 Å². The minimum atomic E-state index is -3.59. The maximum absolute atomic E-state index is 12.8. The standard InChI is InChI=1S/C13H14FN3O4S/c1-2-15-12(18)13-16-11(17-21-13)7-8-22(19,20)10-5-3-9(14)4-6-10/h3-6H,2,7-8H2,1H3,(H,15,18). The molecule has 0 atom stereocenters. The second-order valence-electron chi connectivity index (χ2n) is 4.40. The summed E-state index contributed by atoms with van der Waals surface area (Å²) >= 11 is 0. The third-order valence-corrected chi connectivity index (χ3v) is 4.50. The first kappa shape index (κ1) is 16.1. The number of aryl methyl sites for hydroxylation is 1. The Bertz CT molecular complexity index is 756. The Hall–Kier alpha value is -2.29. The maximum atomic E-state index is 12.8. The van der Waals surface area contributed by atoms with Gasteiger partial charge in [-0.05, 0) is 31.2 Å². The van der Waals surface area contributed by atoms with Crippen LogP contribution in [0.2, 0.25) is 0 Å². The first-order valence-corrected chi connectivity index (χ1v) is 8.16. The van der Waals surface area contributed by atoms with Crippen molar-refractivity contribution in [3.05, 3.63) is 41.8 Å². The van der Waals surface area contributed by atoms with Gasteiger partial charge in [0.05, 0.1) is 10.6 Å². The van der Waals surface area contributed by atoms with E-state index >= 15 is 0 Å². The first-order chi connectivity index (χ1) is 10.4. The summed E-state index contributed by atoms with van der Waals surface area (Å²) in [5, 5.41) is 6.05. The molecule has 0 bridgehead atoms. The molecule has 2 aromatic rings. The number of aromatic nitrogens is 2. The predicted octanol–water partition coefficient (Wildman–Crippen LogP) is 0.975. The molecule has 0 spiro atoms. The van der Waals surface area contributed by atoms with Crippen molar-refractivity contribution in [2.24, 2.45) is 0 Å². The molecule has 7 nitrogen and oxygen atoms in total. The van der Waals surface area contributed by atoms with Gasteiger partial charge in [-0.3, -0.25) is 4.79 Å². The molecule has 0 saturated carbocycles. The maximum Gasteiger partial charge on any atom is 0.315 e. The van der Waals surface area contributed by atoms with E-state index in [1.165, 1.54) is 12.1 Å². The van der Waals surface area contributed by atoms with Crippen LogP contribution in [0.1, 0.15) is 23.4 Å². The van der Waals surface area contributed by atoms with E-state index in [-0.39, 0.29) is 28.8 Å². The van der Waals surface area contributed by atoms with Crippen LogP contribution >= 0.6 is 0 Å². The van der Waals surface area contributed by atoms with Gasteiger partial charge in [-0.1, -0.05) is 5.16 Å². The minimum Gasteiger partial charge on any atom is -0.348 e. The Labute approximate surface area is 126 Å². The number of amides is 1. The predicted molar refractivity (Wildman–Crippen MR) is 74.5 cm³/mol. The van der Waals surface area contributed by atoms with Gasteiger partial charge in [-0.15, -0.1) is 0 Å². The van der Waals surface area contributed by atoms with E-state index in [9.17, 15) is 17.6 Å². The summed E-state index contributed by atoms with van der Waals surface area (Å²) < 4.78 is 41.7. The van der Waals surface area contributed by atoms with E-state index < -0.39 is 21.6 Å². The van der Waals surface area contributed by atoms with Crippen LogP contribution in [0.15, 0.2) is 33.7 Å². The molecule has 0 aliphatic rings.